The van der Waals surface area contributed by atoms with E-state index in [9.17, 15) is 13.2 Å². The molecule has 1 aromatic rings. The fourth-order valence-corrected chi connectivity index (χ4v) is 2.97. The lowest BCUT2D eigenvalue weighted by atomic mass is 10.2. The molecule has 7 heteroatoms. The first-order valence-corrected chi connectivity index (χ1v) is 7.36. The number of carboxylic acids is 1. The number of carbonyl (C=O) groups is 1. The number of nitrogens with two attached hydrogens (primary N) is 1. The van der Waals surface area contributed by atoms with E-state index in [0.717, 1.165) is 0 Å². The van der Waals surface area contributed by atoms with E-state index in [1.807, 2.05) is 0 Å². The number of anilines is 2. The lowest BCUT2D eigenvalue weighted by Gasteiger charge is -2.26. The molecule has 0 bridgehead atoms. The third-order valence-corrected chi connectivity index (χ3v) is 4.99. The third kappa shape index (κ3) is 2.98. The standard InChI is InChI=1S/C12H18N2O4S/c1-4-14(19(17,18)8(2)3)11-6-5-9(12(15)16)7-10(11)13/h5-8H,4,13H2,1-3H3,(H,15,16). The number of carboxylic acid groups (broad SMARTS) is 1. The van der Waals surface area contributed by atoms with Crippen molar-refractivity contribution in [2.75, 3.05) is 16.6 Å². The Bertz CT molecular complexity index is 581. The quantitative estimate of drug-likeness (QED) is 0.799. The summed E-state index contributed by atoms with van der Waals surface area (Å²) in [6.07, 6.45) is 0. The van der Waals surface area contributed by atoms with Crippen molar-refractivity contribution >= 4 is 27.4 Å². The topological polar surface area (TPSA) is 101 Å². The first-order chi connectivity index (χ1) is 8.71. The normalized spacial score (nSPS) is 11.6. The first kappa shape index (κ1) is 15.3. The molecule has 0 aromatic heterocycles. The van der Waals surface area contributed by atoms with Gasteiger partial charge >= 0.3 is 5.97 Å². The minimum atomic E-state index is -3.49. The molecule has 0 spiro atoms. The maximum atomic E-state index is 12.2. The van der Waals surface area contributed by atoms with E-state index >= 15 is 0 Å². The van der Waals surface area contributed by atoms with E-state index in [0.29, 0.717) is 5.69 Å². The van der Waals surface area contributed by atoms with Gasteiger partial charge in [0.15, 0.2) is 0 Å². The van der Waals surface area contributed by atoms with E-state index in [-0.39, 0.29) is 17.8 Å². The molecule has 0 fully saturated rings. The Morgan fingerprint density at radius 1 is 1.42 bits per heavy atom. The number of hydrogen-bond acceptors (Lipinski definition) is 4. The average Bonchev–Trinajstić information content (AvgIpc) is 2.31. The van der Waals surface area contributed by atoms with E-state index in [1.165, 1.54) is 22.5 Å². The summed E-state index contributed by atoms with van der Waals surface area (Å²) in [6.45, 7) is 5.10. The Labute approximate surface area is 112 Å². The molecule has 3 N–H and O–H groups in total. The lowest BCUT2D eigenvalue weighted by molar-refractivity contribution is 0.0697. The van der Waals surface area contributed by atoms with Crippen molar-refractivity contribution in [3.8, 4) is 0 Å². The van der Waals surface area contributed by atoms with Crippen LogP contribution in [0.2, 0.25) is 0 Å². The molecule has 0 aliphatic rings. The van der Waals surface area contributed by atoms with Crippen LogP contribution in [0.15, 0.2) is 18.2 Å². The summed E-state index contributed by atoms with van der Waals surface area (Å²) in [5.41, 5.74) is 6.23. The summed E-state index contributed by atoms with van der Waals surface area (Å²) >= 11 is 0. The minimum absolute atomic E-state index is 0.0271. The molecule has 0 aliphatic heterocycles. The zero-order chi connectivity index (χ0) is 14.8. The Balaban J connectivity index is 3.32. The van der Waals surface area contributed by atoms with Crippen LogP contribution in [0.3, 0.4) is 0 Å². The molecule has 0 heterocycles. The molecule has 1 rings (SSSR count). The Kier molecular flexibility index (Phi) is 4.41. The highest BCUT2D eigenvalue weighted by Crippen LogP contribution is 2.28. The molecule has 0 radical (unpaired) electrons. The second kappa shape index (κ2) is 5.48. The van der Waals surface area contributed by atoms with E-state index < -0.39 is 21.2 Å². The van der Waals surface area contributed by atoms with Gasteiger partial charge < -0.3 is 10.8 Å². The fourth-order valence-electron chi connectivity index (χ4n) is 1.66. The van der Waals surface area contributed by atoms with Crippen molar-refractivity contribution in [3.05, 3.63) is 23.8 Å². The smallest absolute Gasteiger partial charge is 0.335 e. The first-order valence-electron chi connectivity index (χ1n) is 5.86. The van der Waals surface area contributed by atoms with E-state index in [1.54, 1.807) is 20.8 Å². The van der Waals surface area contributed by atoms with Gasteiger partial charge in [-0.2, -0.15) is 0 Å². The van der Waals surface area contributed by atoms with Crippen molar-refractivity contribution in [1.29, 1.82) is 0 Å². The van der Waals surface area contributed by atoms with Gasteiger partial charge in [0.1, 0.15) is 0 Å². The summed E-state index contributed by atoms with van der Waals surface area (Å²) in [5, 5.41) is 8.28. The largest absolute Gasteiger partial charge is 0.478 e. The van der Waals surface area contributed by atoms with Crippen molar-refractivity contribution in [3.63, 3.8) is 0 Å². The molecule has 0 amide bonds. The highest BCUT2D eigenvalue weighted by atomic mass is 32.2. The summed E-state index contributed by atoms with van der Waals surface area (Å²) in [7, 11) is -3.49. The average molecular weight is 286 g/mol. The van der Waals surface area contributed by atoms with E-state index in [2.05, 4.69) is 0 Å². The molecule has 1 aromatic carbocycles. The number of nitrogen functional groups attached to an aromatic ring is 1. The van der Waals surface area contributed by atoms with Gasteiger partial charge in [-0.05, 0) is 39.0 Å². The number of aromatic carboxylic acids is 1. The number of rotatable bonds is 5. The van der Waals surface area contributed by atoms with Crippen LogP contribution >= 0.6 is 0 Å². The predicted molar refractivity (Wildman–Crippen MR) is 74.9 cm³/mol. The molecule has 6 nitrogen and oxygen atoms in total. The lowest BCUT2D eigenvalue weighted by Crippen LogP contribution is -2.36. The fraction of sp³-hybridized carbons (Fsp3) is 0.417. The SMILES string of the molecule is CCN(c1ccc(C(=O)O)cc1N)S(=O)(=O)C(C)C. The van der Waals surface area contributed by atoms with Gasteiger partial charge in [0, 0.05) is 6.54 Å². The van der Waals surface area contributed by atoms with Gasteiger partial charge in [0.05, 0.1) is 22.2 Å². The minimum Gasteiger partial charge on any atom is -0.478 e. The van der Waals surface area contributed by atoms with Gasteiger partial charge in [-0.25, -0.2) is 13.2 Å². The van der Waals surface area contributed by atoms with Crippen LogP contribution in [0.5, 0.6) is 0 Å². The molecular formula is C12H18N2O4S. The number of benzene rings is 1. The molecule has 19 heavy (non-hydrogen) atoms. The van der Waals surface area contributed by atoms with Crippen LogP contribution in [-0.2, 0) is 10.0 Å². The maximum absolute atomic E-state index is 12.2. The van der Waals surface area contributed by atoms with Gasteiger partial charge in [-0.15, -0.1) is 0 Å². The molecule has 0 atom stereocenters. The second-order valence-corrected chi connectivity index (χ2v) is 6.75. The van der Waals surface area contributed by atoms with Crippen molar-refractivity contribution < 1.29 is 18.3 Å². The van der Waals surface area contributed by atoms with Crippen molar-refractivity contribution in [2.24, 2.45) is 0 Å². The van der Waals surface area contributed by atoms with Gasteiger partial charge in [0.25, 0.3) is 0 Å². The molecule has 0 saturated heterocycles. The van der Waals surface area contributed by atoms with Crippen LogP contribution < -0.4 is 10.0 Å². The third-order valence-electron chi connectivity index (χ3n) is 2.73. The van der Waals surface area contributed by atoms with Gasteiger partial charge in [-0.3, -0.25) is 4.31 Å². The van der Waals surface area contributed by atoms with Crippen LogP contribution in [-0.4, -0.2) is 31.3 Å². The number of nitrogens with zero attached hydrogens (tertiary/aromatic N) is 1. The van der Waals surface area contributed by atoms with Crippen molar-refractivity contribution in [2.45, 2.75) is 26.0 Å². The van der Waals surface area contributed by atoms with Crippen LogP contribution in [0.4, 0.5) is 11.4 Å². The Morgan fingerprint density at radius 3 is 2.37 bits per heavy atom. The van der Waals surface area contributed by atoms with Crippen molar-refractivity contribution in [1.82, 2.24) is 0 Å². The molecule has 106 valence electrons. The van der Waals surface area contributed by atoms with E-state index in [4.69, 9.17) is 10.8 Å². The summed E-state index contributed by atoms with van der Waals surface area (Å²) in [4.78, 5) is 10.8. The highest BCUT2D eigenvalue weighted by molar-refractivity contribution is 7.93. The molecule has 0 aliphatic carbocycles. The van der Waals surface area contributed by atoms with Gasteiger partial charge in [0.2, 0.25) is 10.0 Å². The van der Waals surface area contributed by atoms with Crippen LogP contribution in [0, 0.1) is 0 Å². The second-order valence-electron chi connectivity index (χ2n) is 4.34. The number of hydrogen-bond donors (Lipinski definition) is 2. The predicted octanol–water partition coefficient (Wildman–Crippen LogP) is 1.53. The summed E-state index contributed by atoms with van der Waals surface area (Å²) in [5.74, 6) is -1.10. The summed E-state index contributed by atoms with van der Waals surface area (Å²) < 4.78 is 25.6. The Hall–Kier alpha value is -1.76. The highest BCUT2D eigenvalue weighted by Gasteiger charge is 2.26. The molecule has 0 unspecified atom stereocenters. The summed E-state index contributed by atoms with van der Waals surface area (Å²) in [6, 6.07) is 4.02. The van der Waals surface area contributed by atoms with Crippen LogP contribution in [0.1, 0.15) is 31.1 Å². The Morgan fingerprint density at radius 2 is 2.00 bits per heavy atom. The zero-order valence-electron chi connectivity index (χ0n) is 11.1. The van der Waals surface area contributed by atoms with Crippen LogP contribution in [0.25, 0.3) is 0 Å². The molecular weight excluding hydrogens is 268 g/mol. The zero-order valence-corrected chi connectivity index (χ0v) is 11.9. The molecule has 0 saturated carbocycles. The maximum Gasteiger partial charge on any atom is 0.335 e. The monoisotopic (exact) mass is 286 g/mol. The number of sulfonamides is 1. The van der Waals surface area contributed by atoms with Gasteiger partial charge in [-0.1, -0.05) is 0 Å².